The summed E-state index contributed by atoms with van der Waals surface area (Å²) < 4.78 is 8.88. The molecule has 0 unspecified atom stereocenters. The zero-order chi connectivity index (χ0) is 49.4. The molecule has 2 heterocycles. The molecule has 15 rings (SSSR count). The zero-order valence-corrected chi connectivity index (χ0v) is 40.9. The van der Waals surface area contributed by atoms with Crippen LogP contribution in [0.2, 0.25) is 0 Å². The van der Waals surface area contributed by atoms with E-state index < -0.39 is 0 Å². The molecule has 0 saturated heterocycles. The molecule has 0 bridgehead atoms. The summed E-state index contributed by atoms with van der Waals surface area (Å²) in [6.07, 6.45) is 0. The number of benzene rings is 13. The summed E-state index contributed by atoms with van der Waals surface area (Å²) in [6, 6.07) is 101. The molecule has 0 saturated carbocycles. The van der Waals surface area contributed by atoms with Crippen LogP contribution in [0.1, 0.15) is 0 Å². The minimum atomic E-state index is 0.905. The third kappa shape index (κ3) is 7.05. The number of fused-ring (bicyclic) bond motifs is 12. The Morgan fingerprint density at radius 2 is 0.693 bits per heavy atom. The van der Waals surface area contributed by atoms with E-state index in [0.717, 1.165) is 66.8 Å². The Balaban J connectivity index is 0.803. The molecule has 2 aromatic heterocycles. The molecular weight excluding hydrogens is 909 g/mol. The highest BCUT2D eigenvalue weighted by Crippen LogP contribution is 2.44. The van der Waals surface area contributed by atoms with Gasteiger partial charge in [0.2, 0.25) is 0 Å². The lowest BCUT2D eigenvalue weighted by atomic mass is 9.94. The first-order valence-corrected chi connectivity index (χ1v) is 25.7. The maximum atomic E-state index is 6.47. The molecule has 0 amide bonds. The second-order valence-corrected chi connectivity index (χ2v) is 19.6. The number of hydrogen-bond donors (Lipinski definition) is 0. The predicted octanol–water partition coefficient (Wildman–Crippen LogP) is 20.3. The molecule has 0 aliphatic rings. The van der Waals surface area contributed by atoms with E-state index in [4.69, 9.17) is 4.42 Å². The van der Waals surface area contributed by atoms with Crippen molar-refractivity contribution >= 4 is 93.1 Å². The topological polar surface area (TPSA) is 21.3 Å². The molecule has 0 atom stereocenters. The third-order valence-electron chi connectivity index (χ3n) is 15.4. The van der Waals surface area contributed by atoms with Crippen molar-refractivity contribution in [2.45, 2.75) is 0 Å². The molecule has 3 heteroatoms. The number of nitrogens with zero attached hydrogens (tertiary/aromatic N) is 2. The number of rotatable bonds is 8. The van der Waals surface area contributed by atoms with Crippen molar-refractivity contribution in [1.29, 1.82) is 0 Å². The second kappa shape index (κ2) is 17.4. The van der Waals surface area contributed by atoms with Crippen LogP contribution in [0.5, 0.6) is 0 Å². The highest BCUT2D eigenvalue weighted by molar-refractivity contribution is 6.26. The monoisotopic (exact) mass is 954 g/mol. The Morgan fingerprint density at radius 3 is 1.35 bits per heavy atom. The van der Waals surface area contributed by atoms with Gasteiger partial charge in [0.05, 0.1) is 16.7 Å². The standard InChI is InChI=1S/C72H46N2O/c1-2-20-60-58(18-1)59-19-3-4-21-61(59)67-46-55(43-44-62(60)67)73(54-41-37-49(38-42-54)51-15-13-16-52(45-51)57-25-14-26-66-65-24-8-12-30-71(65)75-72(57)66)53-39-35-48(36-40-53)47-31-33-50(34-32-47)56-17-5-9-27-68(56)74-69-28-10-6-22-63(69)64-23-7-11-29-70(64)74/h1-46H. The number of aromatic nitrogens is 1. The van der Waals surface area contributed by atoms with Crippen LogP contribution in [0.3, 0.4) is 0 Å². The van der Waals surface area contributed by atoms with E-state index in [2.05, 4.69) is 276 Å². The van der Waals surface area contributed by atoms with Crippen LogP contribution in [-0.4, -0.2) is 4.57 Å². The number of anilines is 3. The van der Waals surface area contributed by atoms with Gasteiger partial charge in [-0.1, -0.05) is 212 Å². The van der Waals surface area contributed by atoms with Crippen molar-refractivity contribution < 1.29 is 4.42 Å². The molecule has 350 valence electrons. The Morgan fingerprint density at radius 1 is 0.253 bits per heavy atom. The Bertz CT molecular complexity index is 4610. The van der Waals surface area contributed by atoms with Crippen LogP contribution >= 0.6 is 0 Å². The minimum Gasteiger partial charge on any atom is -0.455 e. The smallest absolute Gasteiger partial charge is 0.143 e. The summed E-state index contributed by atoms with van der Waals surface area (Å²) >= 11 is 0. The van der Waals surface area contributed by atoms with Crippen LogP contribution < -0.4 is 4.90 Å². The van der Waals surface area contributed by atoms with Gasteiger partial charge in [0.15, 0.2) is 0 Å². The van der Waals surface area contributed by atoms with Crippen LogP contribution in [0, 0.1) is 0 Å². The van der Waals surface area contributed by atoms with E-state index in [-0.39, 0.29) is 0 Å². The summed E-state index contributed by atoms with van der Waals surface area (Å²) in [4.78, 5) is 2.39. The van der Waals surface area contributed by atoms with Crippen molar-refractivity contribution in [2.24, 2.45) is 0 Å². The maximum Gasteiger partial charge on any atom is 0.143 e. The largest absolute Gasteiger partial charge is 0.455 e. The average Bonchev–Trinajstić information content (AvgIpc) is 4.04. The molecule has 0 fully saturated rings. The van der Waals surface area contributed by atoms with Crippen molar-refractivity contribution in [3.05, 3.63) is 279 Å². The van der Waals surface area contributed by atoms with Crippen LogP contribution in [-0.2, 0) is 0 Å². The van der Waals surface area contributed by atoms with Crippen molar-refractivity contribution in [3.8, 4) is 50.2 Å². The van der Waals surface area contributed by atoms with Crippen LogP contribution in [0.15, 0.2) is 283 Å². The number of furan rings is 1. The van der Waals surface area contributed by atoms with E-state index in [1.165, 1.54) is 76.5 Å². The lowest BCUT2D eigenvalue weighted by molar-refractivity contribution is 0.670. The normalized spacial score (nSPS) is 11.7. The van der Waals surface area contributed by atoms with Gasteiger partial charge in [-0.2, -0.15) is 0 Å². The summed E-state index contributed by atoms with van der Waals surface area (Å²) in [5, 5.41) is 12.3. The number of hydrogen-bond acceptors (Lipinski definition) is 2. The lowest BCUT2D eigenvalue weighted by Crippen LogP contribution is -2.10. The van der Waals surface area contributed by atoms with Gasteiger partial charge in [0.1, 0.15) is 11.2 Å². The van der Waals surface area contributed by atoms with E-state index in [0.29, 0.717) is 0 Å². The lowest BCUT2D eigenvalue weighted by Gasteiger charge is -2.27. The Kier molecular flexibility index (Phi) is 9.89. The van der Waals surface area contributed by atoms with E-state index in [9.17, 15) is 0 Å². The van der Waals surface area contributed by atoms with Gasteiger partial charge >= 0.3 is 0 Å². The molecule has 3 nitrogen and oxygen atoms in total. The third-order valence-corrected chi connectivity index (χ3v) is 15.4. The molecule has 75 heavy (non-hydrogen) atoms. The Labute approximate surface area is 434 Å². The van der Waals surface area contributed by atoms with Crippen molar-refractivity contribution in [3.63, 3.8) is 0 Å². The molecule has 0 spiro atoms. The van der Waals surface area contributed by atoms with Crippen LogP contribution in [0.4, 0.5) is 17.1 Å². The first kappa shape index (κ1) is 42.7. The molecule has 0 radical (unpaired) electrons. The predicted molar refractivity (Wildman–Crippen MR) is 317 cm³/mol. The van der Waals surface area contributed by atoms with Gasteiger partial charge in [0.25, 0.3) is 0 Å². The summed E-state index contributed by atoms with van der Waals surface area (Å²) in [6.45, 7) is 0. The first-order chi connectivity index (χ1) is 37.2. The van der Waals surface area contributed by atoms with Crippen molar-refractivity contribution in [1.82, 2.24) is 4.57 Å². The highest BCUT2D eigenvalue weighted by Gasteiger charge is 2.19. The van der Waals surface area contributed by atoms with Gasteiger partial charge in [-0.05, 0) is 132 Å². The second-order valence-electron chi connectivity index (χ2n) is 19.6. The first-order valence-electron chi connectivity index (χ1n) is 25.7. The SMILES string of the molecule is c1cc(-c2ccc(N(c3ccc(-c4ccc(-c5ccccc5-n5c6ccccc6c6ccccc65)cc4)cc3)c3ccc4c5ccccc5c5ccccc5c4c3)cc2)cc(-c2cccc3c2oc2ccccc23)c1. The highest BCUT2D eigenvalue weighted by atomic mass is 16.3. The van der Waals surface area contributed by atoms with Gasteiger partial charge in [-0.25, -0.2) is 0 Å². The number of para-hydroxylation sites is 5. The molecule has 13 aromatic carbocycles. The van der Waals surface area contributed by atoms with E-state index in [1.807, 2.05) is 12.1 Å². The van der Waals surface area contributed by atoms with Gasteiger partial charge in [-0.3, -0.25) is 0 Å². The average molecular weight is 955 g/mol. The fourth-order valence-electron chi connectivity index (χ4n) is 11.9. The quantitative estimate of drug-likeness (QED) is 0.142. The summed E-state index contributed by atoms with van der Waals surface area (Å²) in [5.74, 6) is 0. The molecule has 0 aliphatic heterocycles. The van der Waals surface area contributed by atoms with Gasteiger partial charge < -0.3 is 13.9 Å². The molecule has 0 aliphatic carbocycles. The van der Waals surface area contributed by atoms with Crippen molar-refractivity contribution in [2.75, 3.05) is 4.90 Å². The zero-order valence-electron chi connectivity index (χ0n) is 40.9. The van der Waals surface area contributed by atoms with Crippen LogP contribution in [0.25, 0.3) is 126 Å². The fourth-order valence-corrected chi connectivity index (χ4v) is 11.9. The Hall–Kier alpha value is -9.96. The maximum absolute atomic E-state index is 6.47. The summed E-state index contributed by atoms with van der Waals surface area (Å²) in [7, 11) is 0. The molecule has 15 aromatic rings. The fraction of sp³-hybridized carbons (Fsp3) is 0. The van der Waals surface area contributed by atoms with E-state index >= 15 is 0 Å². The van der Waals surface area contributed by atoms with E-state index in [1.54, 1.807) is 0 Å². The molecule has 0 N–H and O–H groups in total. The summed E-state index contributed by atoms with van der Waals surface area (Å²) in [5.41, 5.74) is 17.8. The minimum absolute atomic E-state index is 0.905. The molecular formula is C72H46N2O. The van der Waals surface area contributed by atoms with Gasteiger partial charge in [-0.15, -0.1) is 0 Å². The van der Waals surface area contributed by atoms with Gasteiger partial charge in [0, 0.05) is 49.7 Å².